The lowest BCUT2D eigenvalue weighted by Gasteiger charge is -2.24. The maximum absolute atomic E-state index is 2.66. The molecule has 6 aromatic carbocycles. The molecule has 2 unspecified atom stereocenters. The van der Waals surface area contributed by atoms with E-state index in [1.165, 1.54) is 126 Å². The summed E-state index contributed by atoms with van der Waals surface area (Å²) in [7, 11) is 0. The van der Waals surface area contributed by atoms with Crippen LogP contribution in [0.4, 0.5) is 32.8 Å². The Morgan fingerprint density at radius 1 is 0.433 bits per heavy atom. The molecule has 0 spiro atoms. The predicted octanol–water partition coefficient (Wildman–Crippen LogP) is 18.3. The summed E-state index contributed by atoms with van der Waals surface area (Å²) in [6, 6.07) is 50.2. The fourth-order valence-electron chi connectivity index (χ4n) is 9.23. The molecule has 2 atom stereocenters. The lowest BCUT2D eigenvalue weighted by Crippen LogP contribution is -2.10. The zero-order chi connectivity index (χ0) is 41.6. The van der Waals surface area contributed by atoms with Crippen LogP contribution in [0, 0.1) is 25.7 Å². The SMILES string of the molecule is CCCCC(CC)Cc1cc2c(cc1CC(CC)CCCC)c1cc(N(c3ccccc3)c3cccc(C)c3)sc1c1sc(N(c3ccccc3)c3cccc(C)c3)cc21. The molecule has 2 aromatic heterocycles. The number of hydrogen-bond acceptors (Lipinski definition) is 4. The molecule has 0 radical (unpaired) electrons. The Balaban J connectivity index is 1.42. The number of fused-ring (bicyclic) bond motifs is 6. The Labute approximate surface area is 367 Å². The second kappa shape index (κ2) is 19.2. The number of rotatable bonds is 18. The van der Waals surface area contributed by atoms with E-state index in [9.17, 15) is 0 Å². The fraction of sp³-hybridized carbons (Fsp3) is 0.321. The molecule has 0 saturated heterocycles. The zero-order valence-electron chi connectivity index (χ0n) is 36.6. The van der Waals surface area contributed by atoms with Crippen molar-refractivity contribution < 1.29 is 0 Å². The molecule has 60 heavy (non-hydrogen) atoms. The van der Waals surface area contributed by atoms with Crippen molar-refractivity contribution in [2.45, 2.75) is 106 Å². The van der Waals surface area contributed by atoms with E-state index in [-0.39, 0.29) is 0 Å². The smallest absolute Gasteiger partial charge is 0.101 e. The van der Waals surface area contributed by atoms with Gasteiger partial charge in [0.15, 0.2) is 0 Å². The van der Waals surface area contributed by atoms with Crippen LogP contribution < -0.4 is 9.80 Å². The quantitative estimate of drug-likeness (QED) is 0.0850. The lowest BCUT2D eigenvalue weighted by atomic mass is 9.83. The van der Waals surface area contributed by atoms with Gasteiger partial charge in [0.25, 0.3) is 0 Å². The van der Waals surface area contributed by atoms with Crippen LogP contribution in [0.25, 0.3) is 30.9 Å². The molecule has 0 aliphatic rings. The van der Waals surface area contributed by atoms with E-state index in [1.54, 1.807) is 11.1 Å². The van der Waals surface area contributed by atoms with Crippen LogP contribution in [-0.4, -0.2) is 0 Å². The van der Waals surface area contributed by atoms with Gasteiger partial charge in [-0.3, -0.25) is 0 Å². The summed E-state index contributed by atoms with van der Waals surface area (Å²) in [5, 5.41) is 8.02. The van der Waals surface area contributed by atoms with Crippen LogP contribution in [0.5, 0.6) is 0 Å². The Bertz CT molecular complexity index is 2470. The van der Waals surface area contributed by atoms with Crippen molar-refractivity contribution >= 4 is 86.4 Å². The maximum Gasteiger partial charge on any atom is 0.101 e. The van der Waals surface area contributed by atoms with Crippen molar-refractivity contribution in [2.75, 3.05) is 9.80 Å². The van der Waals surface area contributed by atoms with Gasteiger partial charge in [-0.2, -0.15) is 0 Å². The second-order valence-corrected chi connectivity index (χ2v) is 19.1. The summed E-state index contributed by atoms with van der Waals surface area (Å²) in [6.45, 7) is 13.9. The molecule has 4 heteroatoms. The molecule has 0 aliphatic heterocycles. The molecule has 308 valence electrons. The number of thiophene rings is 2. The maximum atomic E-state index is 2.66. The largest absolute Gasteiger partial charge is 0.302 e. The van der Waals surface area contributed by atoms with Crippen LogP contribution in [0.2, 0.25) is 0 Å². The number of nitrogens with zero attached hydrogens (tertiary/aromatic N) is 2. The molecule has 8 rings (SSSR count). The van der Waals surface area contributed by atoms with Gasteiger partial charge in [0.1, 0.15) is 10.0 Å². The number of benzene rings is 6. The molecule has 0 aliphatic carbocycles. The van der Waals surface area contributed by atoms with E-state index in [4.69, 9.17) is 0 Å². The fourth-order valence-corrected chi connectivity index (χ4v) is 11.8. The Hall–Kier alpha value is -4.90. The number of hydrogen-bond donors (Lipinski definition) is 0. The molecule has 0 saturated carbocycles. The average molecular weight is 827 g/mol. The lowest BCUT2D eigenvalue weighted by molar-refractivity contribution is 0.434. The summed E-state index contributed by atoms with van der Waals surface area (Å²) in [6.07, 6.45) is 12.5. The van der Waals surface area contributed by atoms with Gasteiger partial charge in [-0.15, -0.1) is 22.7 Å². The van der Waals surface area contributed by atoms with Crippen LogP contribution in [0.1, 0.15) is 101 Å². The minimum absolute atomic E-state index is 0.700. The van der Waals surface area contributed by atoms with Gasteiger partial charge in [0.05, 0.1) is 9.40 Å². The van der Waals surface area contributed by atoms with E-state index in [0.29, 0.717) is 11.8 Å². The number of anilines is 6. The van der Waals surface area contributed by atoms with Gasteiger partial charge in [0.2, 0.25) is 0 Å². The van der Waals surface area contributed by atoms with Crippen LogP contribution in [-0.2, 0) is 12.8 Å². The highest BCUT2D eigenvalue weighted by Crippen LogP contribution is 2.52. The number of aryl methyl sites for hydroxylation is 2. The molecular weight excluding hydrogens is 765 g/mol. The highest BCUT2D eigenvalue weighted by atomic mass is 32.1. The van der Waals surface area contributed by atoms with Crippen molar-refractivity contribution in [1.29, 1.82) is 0 Å². The highest BCUT2D eigenvalue weighted by molar-refractivity contribution is 7.31. The van der Waals surface area contributed by atoms with Crippen molar-refractivity contribution in [3.05, 3.63) is 156 Å². The third kappa shape index (κ3) is 8.92. The second-order valence-electron chi connectivity index (χ2n) is 17.1. The van der Waals surface area contributed by atoms with Gasteiger partial charge in [-0.1, -0.05) is 152 Å². The number of unbranched alkanes of at least 4 members (excludes halogenated alkanes) is 2. The van der Waals surface area contributed by atoms with Crippen LogP contribution in [0.15, 0.2) is 133 Å². The average Bonchev–Trinajstić information content (AvgIpc) is 3.91. The van der Waals surface area contributed by atoms with Crippen LogP contribution >= 0.6 is 22.7 Å². The van der Waals surface area contributed by atoms with Gasteiger partial charge < -0.3 is 9.80 Å². The van der Waals surface area contributed by atoms with E-state index < -0.39 is 0 Å². The molecule has 0 amide bonds. The molecule has 2 heterocycles. The number of para-hydroxylation sites is 2. The Morgan fingerprint density at radius 3 is 1.20 bits per heavy atom. The third-order valence-electron chi connectivity index (χ3n) is 12.7. The summed E-state index contributed by atoms with van der Waals surface area (Å²) in [5.74, 6) is 1.40. The van der Waals surface area contributed by atoms with Crippen molar-refractivity contribution in [2.24, 2.45) is 11.8 Å². The van der Waals surface area contributed by atoms with Gasteiger partial charge >= 0.3 is 0 Å². The zero-order valence-corrected chi connectivity index (χ0v) is 38.3. The molecule has 0 bridgehead atoms. The standard InChI is InChI=1S/C56H62N2S2/c1-7-11-23-41(9-3)33-43-35-49-50(36-44(43)34-42(10-4)24-12-8-2)52-38-54(58(46-27-17-14-18-28-46)48-30-20-22-40(6)32-48)60-56(52)55-51(49)37-53(59-55)57(45-25-15-13-16-26-45)47-29-19-21-39(5)31-47/h13-22,25-32,35-38,41-42H,7-12,23-24,33-34H2,1-6H3. The van der Waals surface area contributed by atoms with E-state index in [0.717, 1.165) is 12.8 Å². The molecule has 0 N–H and O–H groups in total. The summed E-state index contributed by atoms with van der Waals surface area (Å²) in [5.41, 5.74) is 10.4. The normalized spacial score (nSPS) is 12.7. The van der Waals surface area contributed by atoms with Crippen molar-refractivity contribution in [3.63, 3.8) is 0 Å². The van der Waals surface area contributed by atoms with E-state index >= 15 is 0 Å². The third-order valence-corrected chi connectivity index (χ3v) is 15.1. The first-order valence-corrected chi connectivity index (χ1v) is 24.3. The van der Waals surface area contributed by atoms with Crippen LogP contribution in [0.3, 0.4) is 0 Å². The highest BCUT2D eigenvalue weighted by Gasteiger charge is 2.24. The van der Waals surface area contributed by atoms with Crippen molar-refractivity contribution in [1.82, 2.24) is 0 Å². The van der Waals surface area contributed by atoms with E-state index in [2.05, 4.69) is 185 Å². The predicted molar refractivity (Wildman–Crippen MR) is 268 cm³/mol. The summed E-state index contributed by atoms with van der Waals surface area (Å²) >= 11 is 3.89. The minimum atomic E-state index is 0.700. The topological polar surface area (TPSA) is 6.48 Å². The Morgan fingerprint density at radius 2 is 0.833 bits per heavy atom. The van der Waals surface area contributed by atoms with E-state index in [1.807, 2.05) is 22.7 Å². The minimum Gasteiger partial charge on any atom is -0.302 e. The van der Waals surface area contributed by atoms with Crippen molar-refractivity contribution in [3.8, 4) is 0 Å². The molecule has 8 aromatic rings. The summed E-state index contributed by atoms with van der Waals surface area (Å²) < 4.78 is 2.75. The monoisotopic (exact) mass is 826 g/mol. The first-order valence-electron chi connectivity index (χ1n) is 22.7. The molecule has 2 nitrogen and oxygen atoms in total. The van der Waals surface area contributed by atoms with Gasteiger partial charge in [-0.25, -0.2) is 0 Å². The molecule has 0 fully saturated rings. The first kappa shape index (κ1) is 41.8. The molecular formula is C56H62N2S2. The van der Waals surface area contributed by atoms with Gasteiger partial charge in [0, 0.05) is 33.5 Å². The van der Waals surface area contributed by atoms with Gasteiger partial charge in [-0.05, 0) is 132 Å². The first-order chi connectivity index (χ1) is 29.4. The Kier molecular flexibility index (Phi) is 13.4. The summed E-state index contributed by atoms with van der Waals surface area (Å²) in [4.78, 5) is 4.94.